The van der Waals surface area contributed by atoms with Gasteiger partial charge >= 0.3 is 0 Å². The average molecular weight is 307 g/mol. The molecule has 0 radical (unpaired) electrons. The summed E-state index contributed by atoms with van der Waals surface area (Å²) < 4.78 is 36.4. The fraction of sp³-hybridized carbons (Fsp3) is 0.214. The minimum Gasteiger partial charge on any atom is -0.744 e. The predicted octanol–water partition coefficient (Wildman–Crippen LogP) is 2.53. The topological polar surface area (TPSA) is 60.2 Å². The molecule has 1 aliphatic rings. The Hall–Kier alpha value is -1.37. The van der Waals surface area contributed by atoms with Crippen molar-refractivity contribution in [2.24, 2.45) is 0 Å². The van der Waals surface area contributed by atoms with E-state index >= 15 is 0 Å². The summed E-state index contributed by atoms with van der Waals surface area (Å²) in [5, 5.41) is 2.46. The number of benzene rings is 2. The van der Waals surface area contributed by atoms with E-state index in [1.165, 1.54) is 6.07 Å². The number of hydrogen-bond donors (Lipinski definition) is 0. The van der Waals surface area contributed by atoms with E-state index in [1.54, 1.807) is 30.0 Å². The molecule has 6 heteroatoms. The predicted molar refractivity (Wildman–Crippen MR) is 80.0 cm³/mol. The first-order valence-corrected chi connectivity index (χ1v) is 8.82. The molecule has 2 aromatic rings. The second-order valence-electron chi connectivity index (χ2n) is 4.52. The first-order valence-electron chi connectivity index (χ1n) is 6.19. The molecule has 0 atom stereocenters. The summed E-state index contributed by atoms with van der Waals surface area (Å²) in [5.41, 5.74) is 1.97. The SMILES string of the molecule is CC[N+]1=C(SC)c2cccc3c(S(=O)(=O)[O-])ccc1c23. The summed E-state index contributed by atoms with van der Waals surface area (Å²) in [5.74, 6) is 0. The number of nitrogens with zero attached hydrogens (tertiary/aromatic N) is 1. The molecule has 20 heavy (non-hydrogen) atoms. The standard InChI is InChI=1S/C14H13NO3S2/c1-3-15-11-7-8-12(20(16,17)18)9-5-4-6-10(13(9)11)14(15)19-2/h4-8H,3H2,1-2H3. The van der Waals surface area contributed by atoms with Gasteiger partial charge in [0.1, 0.15) is 16.7 Å². The lowest BCUT2D eigenvalue weighted by atomic mass is 10.1. The third-order valence-electron chi connectivity index (χ3n) is 3.52. The van der Waals surface area contributed by atoms with E-state index in [-0.39, 0.29) is 4.90 Å². The molecule has 0 spiro atoms. The number of thioether (sulfide) groups is 1. The maximum atomic E-state index is 11.4. The van der Waals surface area contributed by atoms with Gasteiger partial charge in [0.25, 0.3) is 0 Å². The molecule has 0 fully saturated rings. The highest BCUT2D eigenvalue weighted by atomic mass is 32.2. The Kier molecular flexibility index (Phi) is 3.12. The second kappa shape index (κ2) is 4.58. The summed E-state index contributed by atoms with van der Waals surface area (Å²) in [6.45, 7) is 2.84. The first-order chi connectivity index (χ1) is 9.49. The van der Waals surface area contributed by atoms with E-state index in [4.69, 9.17) is 0 Å². The normalized spacial score (nSPS) is 14.3. The highest BCUT2D eigenvalue weighted by molar-refractivity contribution is 8.13. The first kappa shape index (κ1) is 13.6. The molecular formula is C14H13NO3S2. The fourth-order valence-electron chi connectivity index (χ4n) is 2.77. The van der Waals surface area contributed by atoms with Gasteiger partial charge in [-0.2, -0.15) is 4.58 Å². The molecule has 104 valence electrons. The Bertz CT molecular complexity index is 834. The molecule has 4 nitrogen and oxygen atoms in total. The largest absolute Gasteiger partial charge is 0.744 e. The van der Waals surface area contributed by atoms with Crippen LogP contribution in [0.1, 0.15) is 12.5 Å². The van der Waals surface area contributed by atoms with Crippen molar-refractivity contribution < 1.29 is 17.5 Å². The van der Waals surface area contributed by atoms with E-state index in [0.29, 0.717) is 5.39 Å². The van der Waals surface area contributed by atoms with Crippen molar-refractivity contribution in [1.29, 1.82) is 0 Å². The van der Waals surface area contributed by atoms with E-state index in [1.807, 2.05) is 19.2 Å². The van der Waals surface area contributed by atoms with Crippen molar-refractivity contribution in [3.05, 3.63) is 35.9 Å². The molecular weight excluding hydrogens is 294 g/mol. The van der Waals surface area contributed by atoms with Gasteiger partial charge in [-0.05, 0) is 25.3 Å². The highest BCUT2D eigenvalue weighted by Gasteiger charge is 2.31. The van der Waals surface area contributed by atoms with Crippen LogP contribution in [0.25, 0.3) is 10.8 Å². The van der Waals surface area contributed by atoms with Gasteiger partial charge in [0.05, 0.1) is 15.8 Å². The summed E-state index contributed by atoms with van der Waals surface area (Å²) in [6, 6.07) is 8.60. The van der Waals surface area contributed by atoms with Crippen molar-refractivity contribution in [2.75, 3.05) is 12.8 Å². The van der Waals surface area contributed by atoms with Gasteiger partial charge in [0, 0.05) is 11.5 Å². The Morgan fingerprint density at radius 1 is 1.25 bits per heavy atom. The van der Waals surface area contributed by atoms with Crippen molar-refractivity contribution >= 4 is 43.4 Å². The third-order valence-corrected chi connectivity index (χ3v) is 5.25. The Balaban J connectivity index is 2.47. The minimum atomic E-state index is -4.47. The van der Waals surface area contributed by atoms with Crippen molar-refractivity contribution in [2.45, 2.75) is 11.8 Å². The lowest BCUT2D eigenvalue weighted by Crippen LogP contribution is -2.09. The van der Waals surface area contributed by atoms with Crippen LogP contribution in [-0.4, -0.2) is 35.4 Å². The van der Waals surface area contributed by atoms with Gasteiger partial charge in [0.2, 0.25) is 10.7 Å². The van der Waals surface area contributed by atoms with Crippen molar-refractivity contribution in [3.63, 3.8) is 0 Å². The zero-order chi connectivity index (χ0) is 14.5. The molecule has 0 amide bonds. The van der Waals surface area contributed by atoms with Gasteiger partial charge < -0.3 is 4.55 Å². The molecule has 0 saturated heterocycles. The van der Waals surface area contributed by atoms with Gasteiger partial charge in [-0.1, -0.05) is 23.9 Å². The van der Waals surface area contributed by atoms with E-state index in [0.717, 1.165) is 28.2 Å². The molecule has 1 heterocycles. The quantitative estimate of drug-likeness (QED) is 0.632. The van der Waals surface area contributed by atoms with Gasteiger partial charge in [-0.25, -0.2) is 8.42 Å². The molecule has 2 aromatic carbocycles. The van der Waals surface area contributed by atoms with Gasteiger partial charge in [-0.3, -0.25) is 0 Å². The molecule has 0 aliphatic carbocycles. The Morgan fingerprint density at radius 3 is 2.60 bits per heavy atom. The average Bonchev–Trinajstić information content (AvgIpc) is 2.73. The van der Waals surface area contributed by atoms with Crippen LogP contribution < -0.4 is 0 Å². The monoisotopic (exact) mass is 307 g/mol. The zero-order valence-corrected chi connectivity index (χ0v) is 12.7. The van der Waals surface area contributed by atoms with E-state index < -0.39 is 10.1 Å². The molecule has 0 bridgehead atoms. The summed E-state index contributed by atoms with van der Waals surface area (Å²) >= 11 is 1.62. The van der Waals surface area contributed by atoms with Crippen LogP contribution >= 0.6 is 11.8 Å². The lowest BCUT2D eigenvalue weighted by Gasteiger charge is -2.10. The van der Waals surface area contributed by atoms with Crippen LogP contribution in [0.3, 0.4) is 0 Å². The number of rotatable bonds is 2. The van der Waals surface area contributed by atoms with E-state index in [2.05, 4.69) is 4.58 Å². The van der Waals surface area contributed by atoms with Crippen LogP contribution in [0.15, 0.2) is 35.2 Å². The molecule has 1 aliphatic heterocycles. The Morgan fingerprint density at radius 2 is 2.00 bits per heavy atom. The zero-order valence-electron chi connectivity index (χ0n) is 11.1. The van der Waals surface area contributed by atoms with Crippen LogP contribution in [0.2, 0.25) is 0 Å². The fourth-order valence-corrected chi connectivity index (χ4v) is 4.28. The van der Waals surface area contributed by atoms with Crippen molar-refractivity contribution in [1.82, 2.24) is 0 Å². The molecule has 0 aromatic heterocycles. The number of hydrogen-bond acceptors (Lipinski definition) is 4. The van der Waals surface area contributed by atoms with Crippen LogP contribution in [0, 0.1) is 0 Å². The second-order valence-corrected chi connectivity index (χ2v) is 6.66. The molecule has 0 saturated carbocycles. The maximum Gasteiger partial charge on any atom is 0.248 e. The minimum absolute atomic E-state index is 0.142. The summed E-state index contributed by atoms with van der Waals surface area (Å²) in [4.78, 5) is -0.142. The smallest absolute Gasteiger partial charge is 0.248 e. The van der Waals surface area contributed by atoms with E-state index in [9.17, 15) is 13.0 Å². The summed E-state index contributed by atoms with van der Waals surface area (Å²) in [7, 11) is -4.47. The maximum absolute atomic E-state index is 11.4. The molecule has 0 unspecified atom stereocenters. The van der Waals surface area contributed by atoms with Crippen LogP contribution in [0.5, 0.6) is 0 Å². The van der Waals surface area contributed by atoms with Gasteiger partial charge in [-0.15, -0.1) is 0 Å². The van der Waals surface area contributed by atoms with Crippen LogP contribution in [-0.2, 0) is 10.1 Å². The van der Waals surface area contributed by atoms with Crippen molar-refractivity contribution in [3.8, 4) is 0 Å². The Labute approximate surface area is 121 Å². The van der Waals surface area contributed by atoms with Gasteiger partial charge in [0.15, 0.2) is 0 Å². The third kappa shape index (κ3) is 1.79. The lowest BCUT2D eigenvalue weighted by molar-refractivity contribution is -0.428. The van der Waals surface area contributed by atoms with Crippen LogP contribution in [0.4, 0.5) is 5.69 Å². The summed E-state index contributed by atoms with van der Waals surface area (Å²) in [6.07, 6.45) is 1.99. The highest BCUT2D eigenvalue weighted by Crippen LogP contribution is 2.39. The molecule has 0 N–H and O–H groups in total. The molecule has 3 rings (SSSR count).